The fourth-order valence-corrected chi connectivity index (χ4v) is 1.41. The van der Waals surface area contributed by atoms with Crippen molar-refractivity contribution < 1.29 is 27.1 Å². The number of aldehydes is 1. The number of rotatable bonds is 3. The third kappa shape index (κ3) is 2.73. The largest absolute Gasteiger partial charge is 0.448 e. The van der Waals surface area contributed by atoms with Crippen LogP contribution in [-0.4, -0.2) is 6.29 Å². The van der Waals surface area contributed by atoms with Crippen molar-refractivity contribution >= 4 is 6.29 Å². The van der Waals surface area contributed by atoms with Gasteiger partial charge in [0.25, 0.3) is 0 Å². The first-order chi connectivity index (χ1) is 9.01. The summed E-state index contributed by atoms with van der Waals surface area (Å²) in [5.41, 5.74) is -0.234. The third-order valence-corrected chi connectivity index (χ3v) is 2.26. The highest BCUT2D eigenvalue weighted by Crippen LogP contribution is 2.30. The molecule has 2 rings (SSSR count). The normalized spacial score (nSPS) is 10.3. The van der Waals surface area contributed by atoms with Crippen molar-refractivity contribution in [3.8, 4) is 11.5 Å². The lowest BCUT2D eigenvalue weighted by Crippen LogP contribution is -1.97. The van der Waals surface area contributed by atoms with Crippen LogP contribution < -0.4 is 4.74 Å². The molecule has 0 fully saturated rings. The maximum absolute atomic E-state index is 13.5. The summed E-state index contributed by atoms with van der Waals surface area (Å²) in [5, 5.41) is 0. The summed E-state index contributed by atoms with van der Waals surface area (Å²) in [6.07, 6.45) is 0.249. The molecule has 0 aliphatic carbocycles. The molecule has 0 unspecified atom stereocenters. The van der Waals surface area contributed by atoms with Gasteiger partial charge in [0.15, 0.2) is 29.0 Å². The average molecular weight is 270 g/mol. The van der Waals surface area contributed by atoms with Crippen molar-refractivity contribution in [1.29, 1.82) is 0 Å². The Morgan fingerprint density at radius 3 is 2.11 bits per heavy atom. The highest BCUT2D eigenvalue weighted by Gasteiger charge is 2.16. The molecule has 2 aromatic carbocycles. The molecule has 2 nitrogen and oxygen atoms in total. The van der Waals surface area contributed by atoms with Crippen LogP contribution in [0.4, 0.5) is 17.6 Å². The third-order valence-electron chi connectivity index (χ3n) is 2.26. The minimum Gasteiger partial charge on any atom is -0.448 e. The molecule has 0 bridgehead atoms. The van der Waals surface area contributed by atoms with E-state index in [9.17, 15) is 22.4 Å². The Hall–Kier alpha value is -2.37. The van der Waals surface area contributed by atoms with E-state index in [2.05, 4.69) is 4.74 Å². The molecule has 19 heavy (non-hydrogen) atoms. The molecule has 0 aliphatic heterocycles. The van der Waals surface area contributed by atoms with Gasteiger partial charge in [0, 0.05) is 11.6 Å². The minimum absolute atomic E-state index is 0.234. The lowest BCUT2D eigenvalue weighted by molar-refractivity contribution is 0.112. The summed E-state index contributed by atoms with van der Waals surface area (Å²) < 4.78 is 57.8. The maximum atomic E-state index is 13.5. The van der Waals surface area contributed by atoms with Crippen LogP contribution in [-0.2, 0) is 0 Å². The van der Waals surface area contributed by atoms with Gasteiger partial charge in [0.2, 0.25) is 0 Å². The van der Waals surface area contributed by atoms with E-state index in [1.807, 2.05) is 0 Å². The molecule has 0 aliphatic rings. The summed E-state index contributed by atoms with van der Waals surface area (Å²) in [5.74, 6) is -5.73. The van der Waals surface area contributed by atoms with Crippen molar-refractivity contribution in [1.82, 2.24) is 0 Å². The molecule has 98 valence electrons. The fraction of sp³-hybridized carbons (Fsp3) is 0. The van der Waals surface area contributed by atoms with Crippen LogP contribution in [0.15, 0.2) is 30.3 Å². The van der Waals surface area contributed by atoms with E-state index in [1.165, 1.54) is 0 Å². The Labute approximate surface area is 105 Å². The molecule has 2 aromatic rings. The molecular formula is C13H6F4O2. The lowest BCUT2D eigenvalue weighted by Gasteiger charge is -2.09. The Morgan fingerprint density at radius 1 is 0.895 bits per heavy atom. The van der Waals surface area contributed by atoms with Crippen LogP contribution >= 0.6 is 0 Å². The van der Waals surface area contributed by atoms with E-state index in [4.69, 9.17) is 0 Å². The number of carbonyl (C=O) groups is 1. The zero-order chi connectivity index (χ0) is 14.0. The second-order valence-electron chi connectivity index (χ2n) is 3.61. The number of hydrogen-bond donors (Lipinski definition) is 0. The van der Waals surface area contributed by atoms with Crippen LogP contribution in [0.5, 0.6) is 11.5 Å². The maximum Gasteiger partial charge on any atom is 0.198 e. The zero-order valence-electron chi connectivity index (χ0n) is 9.29. The Morgan fingerprint density at radius 2 is 1.53 bits per heavy atom. The number of hydrogen-bond acceptors (Lipinski definition) is 2. The van der Waals surface area contributed by atoms with Gasteiger partial charge in [0.05, 0.1) is 0 Å². The number of carbonyl (C=O) groups excluding carboxylic acids is 1. The summed E-state index contributed by atoms with van der Waals surface area (Å²) >= 11 is 0. The minimum atomic E-state index is -1.19. The van der Waals surface area contributed by atoms with Gasteiger partial charge in [-0.15, -0.1) is 0 Å². The predicted molar refractivity (Wildman–Crippen MR) is 58.2 cm³/mol. The molecule has 0 N–H and O–H groups in total. The van der Waals surface area contributed by atoms with E-state index in [1.54, 1.807) is 0 Å². The Balaban J connectivity index is 2.43. The first-order valence-corrected chi connectivity index (χ1v) is 5.08. The SMILES string of the molecule is O=Cc1cc(F)c(Oc2cc(F)ccc2F)c(F)c1. The quantitative estimate of drug-likeness (QED) is 0.625. The molecule has 0 saturated heterocycles. The van der Waals surface area contributed by atoms with Gasteiger partial charge in [-0.25, -0.2) is 17.6 Å². The van der Waals surface area contributed by atoms with Crippen LogP contribution in [0.3, 0.4) is 0 Å². The smallest absolute Gasteiger partial charge is 0.198 e. The summed E-state index contributed by atoms with van der Waals surface area (Å²) in [6, 6.07) is 3.71. The molecule has 0 amide bonds. The molecular weight excluding hydrogens is 264 g/mol. The van der Waals surface area contributed by atoms with E-state index in [0.29, 0.717) is 6.07 Å². The summed E-state index contributed by atoms with van der Waals surface area (Å²) in [4.78, 5) is 10.4. The van der Waals surface area contributed by atoms with Gasteiger partial charge >= 0.3 is 0 Å². The highest BCUT2D eigenvalue weighted by molar-refractivity contribution is 5.75. The first kappa shape index (κ1) is 13.1. The summed E-state index contributed by atoms with van der Waals surface area (Å²) in [7, 11) is 0. The number of benzene rings is 2. The van der Waals surface area contributed by atoms with E-state index in [-0.39, 0.29) is 11.8 Å². The van der Waals surface area contributed by atoms with Gasteiger partial charge in [-0.1, -0.05) is 0 Å². The average Bonchev–Trinajstić information content (AvgIpc) is 2.37. The van der Waals surface area contributed by atoms with E-state index >= 15 is 0 Å². The zero-order valence-corrected chi connectivity index (χ0v) is 9.29. The van der Waals surface area contributed by atoms with Crippen molar-refractivity contribution in [2.24, 2.45) is 0 Å². The molecule has 0 heterocycles. The lowest BCUT2D eigenvalue weighted by atomic mass is 10.2. The van der Waals surface area contributed by atoms with Crippen molar-refractivity contribution in [2.75, 3.05) is 0 Å². The van der Waals surface area contributed by atoms with Crippen LogP contribution in [0.25, 0.3) is 0 Å². The van der Waals surface area contributed by atoms with Crippen LogP contribution in [0.2, 0.25) is 0 Å². The number of ether oxygens (including phenoxy) is 1. The van der Waals surface area contributed by atoms with Gasteiger partial charge in [-0.05, 0) is 24.3 Å². The topological polar surface area (TPSA) is 26.3 Å². The second-order valence-corrected chi connectivity index (χ2v) is 3.61. The Bertz CT molecular complexity index is 618. The van der Waals surface area contributed by atoms with Crippen molar-refractivity contribution in [3.63, 3.8) is 0 Å². The molecule has 0 saturated carbocycles. The predicted octanol–water partition coefficient (Wildman–Crippen LogP) is 3.85. The standard InChI is InChI=1S/C13H6F4O2/c14-8-1-2-9(15)12(5-8)19-13-10(16)3-7(6-18)4-11(13)17/h1-6H. The van der Waals surface area contributed by atoms with Gasteiger partial charge < -0.3 is 4.74 Å². The van der Waals surface area contributed by atoms with Gasteiger partial charge in [-0.3, -0.25) is 4.79 Å². The fourth-order valence-electron chi connectivity index (χ4n) is 1.41. The monoisotopic (exact) mass is 270 g/mol. The highest BCUT2D eigenvalue weighted by atomic mass is 19.1. The molecule has 6 heteroatoms. The molecule has 0 atom stereocenters. The molecule has 0 spiro atoms. The first-order valence-electron chi connectivity index (χ1n) is 5.08. The Kier molecular flexibility index (Phi) is 3.50. The number of halogens is 4. The van der Waals surface area contributed by atoms with Gasteiger partial charge in [0.1, 0.15) is 12.1 Å². The molecule has 0 aromatic heterocycles. The van der Waals surface area contributed by atoms with E-state index in [0.717, 1.165) is 24.3 Å². The van der Waals surface area contributed by atoms with Crippen molar-refractivity contribution in [3.05, 3.63) is 59.2 Å². The van der Waals surface area contributed by atoms with Crippen LogP contribution in [0.1, 0.15) is 10.4 Å². The van der Waals surface area contributed by atoms with Crippen LogP contribution in [0, 0.1) is 23.3 Å². The summed E-state index contributed by atoms with van der Waals surface area (Å²) in [6.45, 7) is 0. The molecule has 0 radical (unpaired) electrons. The second kappa shape index (κ2) is 5.09. The van der Waals surface area contributed by atoms with Gasteiger partial charge in [-0.2, -0.15) is 0 Å². The van der Waals surface area contributed by atoms with E-state index < -0.39 is 34.8 Å². The van der Waals surface area contributed by atoms with Crippen molar-refractivity contribution in [2.45, 2.75) is 0 Å².